The summed E-state index contributed by atoms with van der Waals surface area (Å²) in [6.07, 6.45) is 0.456. The van der Waals surface area contributed by atoms with Gasteiger partial charge in [-0.15, -0.1) is 0 Å². The largest absolute Gasteiger partial charge is 0.486 e. The molecule has 9 heteroatoms. The highest BCUT2D eigenvalue weighted by atomic mass is 32.2. The Kier molecular flexibility index (Phi) is 5.92. The Morgan fingerprint density at radius 3 is 2.48 bits per heavy atom. The van der Waals surface area contributed by atoms with Crippen LogP contribution in [-0.2, 0) is 14.8 Å². The Labute approximate surface area is 156 Å². The zero-order valence-electron chi connectivity index (χ0n) is 14.4. The van der Waals surface area contributed by atoms with E-state index in [0.29, 0.717) is 36.8 Å². The molecule has 0 saturated carbocycles. The van der Waals surface area contributed by atoms with Crippen LogP contribution in [0.2, 0.25) is 0 Å². The molecule has 27 heavy (non-hydrogen) atoms. The van der Waals surface area contributed by atoms with Gasteiger partial charge in [-0.1, -0.05) is 0 Å². The summed E-state index contributed by atoms with van der Waals surface area (Å²) < 4.78 is 50.2. The van der Waals surface area contributed by atoms with Crippen LogP contribution in [-0.4, -0.2) is 34.1 Å². The summed E-state index contributed by atoms with van der Waals surface area (Å²) in [7, 11) is -3.72. The molecule has 0 aliphatic carbocycles. The van der Waals surface area contributed by atoms with Crippen molar-refractivity contribution in [2.45, 2.75) is 17.7 Å². The Morgan fingerprint density at radius 2 is 1.74 bits per heavy atom. The highest BCUT2D eigenvalue weighted by Gasteiger charge is 2.15. The number of amides is 1. The number of ether oxygens (including phenoxy) is 2. The number of benzene rings is 2. The third-order valence-electron chi connectivity index (χ3n) is 3.82. The second-order valence-electron chi connectivity index (χ2n) is 5.86. The van der Waals surface area contributed by atoms with Gasteiger partial charge in [0, 0.05) is 24.7 Å². The maximum atomic E-state index is 12.9. The molecule has 1 heterocycles. The number of carbonyl (C=O) groups excluding carboxylic acids is 1. The highest BCUT2D eigenvalue weighted by molar-refractivity contribution is 7.89. The van der Waals surface area contributed by atoms with Gasteiger partial charge in [-0.3, -0.25) is 4.79 Å². The predicted octanol–water partition coefficient (Wildman–Crippen LogP) is 2.29. The average Bonchev–Trinajstić information content (AvgIpc) is 2.65. The number of hydrogen-bond donors (Lipinski definition) is 2. The molecule has 3 rings (SSSR count). The Morgan fingerprint density at radius 1 is 1.04 bits per heavy atom. The van der Waals surface area contributed by atoms with Crippen molar-refractivity contribution < 1.29 is 27.1 Å². The number of nitrogens with one attached hydrogen (secondary N) is 2. The molecule has 0 saturated heterocycles. The van der Waals surface area contributed by atoms with Crippen LogP contribution in [0.1, 0.15) is 12.8 Å². The van der Waals surface area contributed by atoms with Crippen molar-refractivity contribution in [2.24, 2.45) is 0 Å². The number of anilines is 1. The summed E-state index contributed by atoms with van der Waals surface area (Å²) in [5.41, 5.74) is 0.580. The third kappa shape index (κ3) is 5.18. The standard InChI is InChI=1S/C18H19FN2O5S/c19-13-3-6-15(7-4-13)27(23,24)20-9-1-2-18(22)21-14-5-8-16-17(12-14)26-11-10-25-16/h3-8,12,20H,1-2,9-11H2,(H,21,22). The molecule has 7 nitrogen and oxygen atoms in total. The second-order valence-corrected chi connectivity index (χ2v) is 7.63. The quantitative estimate of drug-likeness (QED) is 0.703. The van der Waals surface area contributed by atoms with E-state index in [1.54, 1.807) is 18.2 Å². The molecular formula is C18H19FN2O5S. The number of rotatable bonds is 7. The zero-order valence-corrected chi connectivity index (χ0v) is 15.2. The Balaban J connectivity index is 1.45. The maximum Gasteiger partial charge on any atom is 0.240 e. The molecule has 0 aromatic heterocycles. The summed E-state index contributed by atoms with van der Waals surface area (Å²) in [5, 5.41) is 2.73. The zero-order chi connectivity index (χ0) is 19.3. The van der Waals surface area contributed by atoms with Crippen LogP contribution < -0.4 is 19.5 Å². The average molecular weight is 394 g/mol. The van der Waals surface area contributed by atoms with Crippen molar-refractivity contribution in [3.63, 3.8) is 0 Å². The molecule has 1 aliphatic rings. The van der Waals surface area contributed by atoms with Gasteiger partial charge in [0.25, 0.3) is 0 Å². The van der Waals surface area contributed by atoms with E-state index < -0.39 is 15.8 Å². The fourth-order valence-electron chi connectivity index (χ4n) is 2.50. The van der Waals surface area contributed by atoms with E-state index >= 15 is 0 Å². The van der Waals surface area contributed by atoms with Gasteiger partial charge in [-0.05, 0) is 42.8 Å². The molecule has 1 aliphatic heterocycles. The summed E-state index contributed by atoms with van der Waals surface area (Å²) in [4.78, 5) is 12.0. The van der Waals surface area contributed by atoms with Gasteiger partial charge >= 0.3 is 0 Å². The van der Waals surface area contributed by atoms with Crippen LogP contribution in [0.15, 0.2) is 47.4 Å². The van der Waals surface area contributed by atoms with E-state index in [1.807, 2.05) is 0 Å². The van der Waals surface area contributed by atoms with Crippen LogP contribution in [0.4, 0.5) is 10.1 Å². The molecule has 2 N–H and O–H groups in total. The molecule has 144 valence electrons. The Bertz CT molecular complexity index is 916. The first-order valence-corrected chi connectivity index (χ1v) is 9.87. The van der Waals surface area contributed by atoms with Crippen LogP contribution in [0, 0.1) is 5.82 Å². The van der Waals surface area contributed by atoms with Crippen molar-refractivity contribution in [2.75, 3.05) is 25.1 Å². The van der Waals surface area contributed by atoms with Gasteiger partial charge in [-0.25, -0.2) is 17.5 Å². The predicted molar refractivity (Wildman–Crippen MR) is 96.9 cm³/mol. The first-order valence-electron chi connectivity index (χ1n) is 8.39. The maximum absolute atomic E-state index is 12.9. The first-order chi connectivity index (χ1) is 12.9. The molecule has 0 atom stereocenters. The van der Waals surface area contributed by atoms with E-state index in [4.69, 9.17) is 9.47 Å². The molecule has 0 bridgehead atoms. The first kappa shape index (κ1) is 19.1. The van der Waals surface area contributed by atoms with E-state index in [2.05, 4.69) is 10.0 Å². The summed E-state index contributed by atoms with van der Waals surface area (Å²) in [6, 6.07) is 9.65. The normalized spacial score (nSPS) is 13.2. The topological polar surface area (TPSA) is 93.7 Å². The lowest BCUT2D eigenvalue weighted by Gasteiger charge is -2.19. The minimum absolute atomic E-state index is 0.0235. The van der Waals surface area contributed by atoms with Crippen molar-refractivity contribution >= 4 is 21.6 Å². The molecule has 0 radical (unpaired) electrons. The van der Waals surface area contributed by atoms with Gasteiger partial charge in [0.2, 0.25) is 15.9 Å². The minimum Gasteiger partial charge on any atom is -0.486 e. The molecule has 0 fully saturated rings. The van der Waals surface area contributed by atoms with E-state index in [1.165, 1.54) is 12.1 Å². The SMILES string of the molecule is O=C(CCCNS(=O)(=O)c1ccc(F)cc1)Nc1ccc2c(c1)OCCO2. The second kappa shape index (κ2) is 8.36. The number of halogens is 1. The smallest absolute Gasteiger partial charge is 0.240 e. The van der Waals surface area contributed by atoms with Crippen LogP contribution in [0.3, 0.4) is 0 Å². The van der Waals surface area contributed by atoms with Crippen molar-refractivity contribution in [1.29, 1.82) is 0 Å². The summed E-state index contributed by atoms with van der Waals surface area (Å²) >= 11 is 0. The van der Waals surface area contributed by atoms with Crippen LogP contribution in [0.5, 0.6) is 11.5 Å². The van der Waals surface area contributed by atoms with E-state index in [9.17, 15) is 17.6 Å². The van der Waals surface area contributed by atoms with E-state index in [0.717, 1.165) is 12.1 Å². The molecular weight excluding hydrogens is 375 g/mol. The van der Waals surface area contributed by atoms with Crippen molar-refractivity contribution in [1.82, 2.24) is 4.72 Å². The van der Waals surface area contributed by atoms with Gasteiger partial charge < -0.3 is 14.8 Å². The monoisotopic (exact) mass is 394 g/mol. The van der Waals surface area contributed by atoms with Gasteiger partial charge in [0.05, 0.1) is 4.90 Å². The molecule has 0 unspecified atom stereocenters. The number of fused-ring (bicyclic) bond motifs is 1. The van der Waals surface area contributed by atoms with Gasteiger partial charge in [-0.2, -0.15) is 0 Å². The highest BCUT2D eigenvalue weighted by Crippen LogP contribution is 2.32. The molecule has 0 spiro atoms. The van der Waals surface area contributed by atoms with Crippen molar-refractivity contribution in [3.05, 3.63) is 48.3 Å². The van der Waals surface area contributed by atoms with Crippen LogP contribution in [0.25, 0.3) is 0 Å². The lowest BCUT2D eigenvalue weighted by atomic mass is 10.2. The number of sulfonamides is 1. The third-order valence-corrected chi connectivity index (χ3v) is 5.30. The lowest BCUT2D eigenvalue weighted by molar-refractivity contribution is -0.116. The molecule has 2 aromatic rings. The van der Waals surface area contributed by atoms with Gasteiger partial charge in [0.1, 0.15) is 19.0 Å². The fraction of sp³-hybridized carbons (Fsp3) is 0.278. The number of carbonyl (C=O) groups is 1. The minimum atomic E-state index is -3.72. The summed E-state index contributed by atoms with van der Waals surface area (Å²) in [6.45, 7) is 1.04. The van der Waals surface area contributed by atoms with Crippen LogP contribution >= 0.6 is 0 Å². The lowest BCUT2D eigenvalue weighted by Crippen LogP contribution is -2.25. The fourth-order valence-corrected chi connectivity index (χ4v) is 3.57. The van der Waals surface area contributed by atoms with Gasteiger partial charge in [0.15, 0.2) is 11.5 Å². The summed E-state index contributed by atoms with van der Waals surface area (Å²) in [5.74, 6) is 0.456. The Hall–Kier alpha value is -2.65. The molecule has 2 aromatic carbocycles. The molecule has 1 amide bonds. The van der Waals surface area contributed by atoms with Crippen molar-refractivity contribution in [3.8, 4) is 11.5 Å². The number of hydrogen-bond acceptors (Lipinski definition) is 5. The van der Waals surface area contributed by atoms with E-state index in [-0.39, 0.29) is 23.8 Å².